The van der Waals surface area contributed by atoms with Crippen LogP contribution in [0.5, 0.6) is 0 Å². The third-order valence-corrected chi connectivity index (χ3v) is 3.70. The SMILES string of the molecule is CN1CCCCC1CNc1cc(Cl)ccc1N. The zero-order valence-electron chi connectivity index (χ0n) is 10.2. The Morgan fingerprint density at radius 1 is 1.47 bits per heavy atom. The number of anilines is 2. The van der Waals surface area contributed by atoms with Gasteiger partial charge in [0.15, 0.2) is 0 Å². The number of hydrogen-bond acceptors (Lipinski definition) is 3. The predicted molar refractivity (Wildman–Crippen MR) is 74.6 cm³/mol. The summed E-state index contributed by atoms with van der Waals surface area (Å²) < 4.78 is 0. The van der Waals surface area contributed by atoms with Gasteiger partial charge in [0.1, 0.15) is 0 Å². The number of nitrogen functional groups attached to an aromatic ring is 1. The van der Waals surface area contributed by atoms with Crippen LogP contribution < -0.4 is 11.1 Å². The molecular formula is C13H20ClN3. The molecule has 0 saturated carbocycles. The Hall–Kier alpha value is -0.930. The number of nitrogens with two attached hydrogens (primary N) is 1. The summed E-state index contributed by atoms with van der Waals surface area (Å²) in [5.74, 6) is 0. The average molecular weight is 254 g/mol. The maximum absolute atomic E-state index is 5.96. The van der Waals surface area contributed by atoms with E-state index in [0.29, 0.717) is 6.04 Å². The van der Waals surface area contributed by atoms with Crippen LogP contribution in [0.15, 0.2) is 18.2 Å². The molecule has 1 heterocycles. The minimum atomic E-state index is 0.599. The Morgan fingerprint density at radius 3 is 3.06 bits per heavy atom. The van der Waals surface area contributed by atoms with Crippen LogP contribution in [-0.2, 0) is 0 Å². The smallest absolute Gasteiger partial charge is 0.0589 e. The number of nitrogens with zero attached hydrogens (tertiary/aromatic N) is 1. The molecule has 1 fully saturated rings. The molecule has 0 amide bonds. The van der Waals surface area contributed by atoms with Crippen molar-refractivity contribution in [1.82, 2.24) is 4.90 Å². The fourth-order valence-corrected chi connectivity index (χ4v) is 2.48. The van der Waals surface area contributed by atoms with Gasteiger partial charge in [-0.2, -0.15) is 0 Å². The first-order valence-corrected chi connectivity index (χ1v) is 6.54. The van der Waals surface area contributed by atoms with Crippen LogP contribution >= 0.6 is 11.6 Å². The van der Waals surface area contributed by atoms with Crippen molar-refractivity contribution in [2.45, 2.75) is 25.3 Å². The van der Waals surface area contributed by atoms with Gasteiger partial charge < -0.3 is 16.0 Å². The van der Waals surface area contributed by atoms with Gasteiger partial charge >= 0.3 is 0 Å². The monoisotopic (exact) mass is 253 g/mol. The molecule has 1 unspecified atom stereocenters. The molecule has 0 radical (unpaired) electrons. The van der Waals surface area contributed by atoms with Gasteiger partial charge in [-0.15, -0.1) is 0 Å². The Morgan fingerprint density at radius 2 is 2.29 bits per heavy atom. The van der Waals surface area contributed by atoms with Crippen molar-refractivity contribution >= 4 is 23.0 Å². The zero-order chi connectivity index (χ0) is 12.3. The summed E-state index contributed by atoms with van der Waals surface area (Å²) in [4.78, 5) is 2.41. The van der Waals surface area contributed by atoms with Crippen LogP contribution in [0.2, 0.25) is 5.02 Å². The summed E-state index contributed by atoms with van der Waals surface area (Å²) >= 11 is 5.96. The molecule has 1 aromatic rings. The Bertz CT molecular complexity index is 381. The molecule has 2 rings (SSSR count). The normalized spacial score (nSPS) is 21.4. The van der Waals surface area contributed by atoms with Gasteiger partial charge in [-0.05, 0) is 44.6 Å². The summed E-state index contributed by atoms with van der Waals surface area (Å²) in [6.07, 6.45) is 3.89. The molecule has 0 aromatic heterocycles. The zero-order valence-corrected chi connectivity index (χ0v) is 11.0. The first-order chi connectivity index (χ1) is 8.16. The highest BCUT2D eigenvalue weighted by molar-refractivity contribution is 6.31. The van der Waals surface area contributed by atoms with Crippen molar-refractivity contribution in [3.05, 3.63) is 23.2 Å². The lowest BCUT2D eigenvalue weighted by atomic mass is 10.0. The van der Waals surface area contributed by atoms with E-state index in [0.717, 1.165) is 22.9 Å². The van der Waals surface area contributed by atoms with Gasteiger partial charge in [0.2, 0.25) is 0 Å². The Kier molecular flexibility index (Phi) is 4.13. The maximum Gasteiger partial charge on any atom is 0.0589 e. The molecule has 1 aliphatic rings. The number of halogens is 1. The lowest BCUT2D eigenvalue weighted by Gasteiger charge is -2.32. The van der Waals surface area contributed by atoms with Gasteiger partial charge in [-0.3, -0.25) is 0 Å². The Labute approximate surface area is 108 Å². The lowest BCUT2D eigenvalue weighted by Crippen LogP contribution is -2.40. The van der Waals surface area contributed by atoms with Crippen LogP contribution in [-0.4, -0.2) is 31.1 Å². The first-order valence-electron chi connectivity index (χ1n) is 6.16. The van der Waals surface area contributed by atoms with E-state index in [-0.39, 0.29) is 0 Å². The second-order valence-corrected chi connectivity index (χ2v) is 5.18. The number of benzene rings is 1. The maximum atomic E-state index is 5.96. The first kappa shape index (κ1) is 12.5. The van der Waals surface area contributed by atoms with Crippen molar-refractivity contribution in [2.24, 2.45) is 0 Å². The second-order valence-electron chi connectivity index (χ2n) is 4.74. The number of rotatable bonds is 3. The number of piperidine rings is 1. The lowest BCUT2D eigenvalue weighted by molar-refractivity contribution is 0.194. The molecule has 94 valence electrons. The fourth-order valence-electron chi connectivity index (χ4n) is 2.31. The van der Waals surface area contributed by atoms with Crippen LogP contribution in [0.4, 0.5) is 11.4 Å². The minimum absolute atomic E-state index is 0.599. The molecule has 0 spiro atoms. The molecule has 1 aliphatic heterocycles. The van der Waals surface area contributed by atoms with Crippen molar-refractivity contribution in [3.63, 3.8) is 0 Å². The van der Waals surface area contributed by atoms with Crippen LogP contribution in [0, 0.1) is 0 Å². The van der Waals surface area contributed by atoms with E-state index in [1.54, 1.807) is 0 Å². The van der Waals surface area contributed by atoms with Crippen LogP contribution in [0.3, 0.4) is 0 Å². The number of nitrogens with one attached hydrogen (secondary N) is 1. The summed E-state index contributed by atoms with van der Waals surface area (Å²) in [6, 6.07) is 6.14. The van der Waals surface area contributed by atoms with E-state index in [1.165, 1.54) is 25.8 Å². The molecule has 4 heteroatoms. The predicted octanol–water partition coefficient (Wildman–Crippen LogP) is 2.82. The number of hydrogen-bond donors (Lipinski definition) is 2. The van der Waals surface area contributed by atoms with Crippen molar-refractivity contribution in [2.75, 3.05) is 31.2 Å². The van der Waals surface area contributed by atoms with E-state index < -0.39 is 0 Å². The molecule has 1 saturated heterocycles. The van der Waals surface area contributed by atoms with E-state index >= 15 is 0 Å². The highest BCUT2D eigenvalue weighted by Gasteiger charge is 2.18. The van der Waals surface area contributed by atoms with Gasteiger partial charge in [0.05, 0.1) is 11.4 Å². The van der Waals surface area contributed by atoms with Crippen molar-refractivity contribution in [1.29, 1.82) is 0 Å². The standard InChI is InChI=1S/C13H20ClN3/c1-17-7-3-2-4-11(17)9-16-13-8-10(14)5-6-12(13)15/h5-6,8,11,16H,2-4,7,9,15H2,1H3. The number of likely N-dealkylation sites (tertiary alicyclic amines) is 1. The van der Waals surface area contributed by atoms with Gasteiger partial charge in [0.25, 0.3) is 0 Å². The van der Waals surface area contributed by atoms with E-state index in [2.05, 4.69) is 17.3 Å². The third-order valence-electron chi connectivity index (χ3n) is 3.46. The molecule has 17 heavy (non-hydrogen) atoms. The highest BCUT2D eigenvalue weighted by atomic mass is 35.5. The molecular weight excluding hydrogens is 234 g/mol. The van der Waals surface area contributed by atoms with E-state index in [9.17, 15) is 0 Å². The van der Waals surface area contributed by atoms with Crippen molar-refractivity contribution in [3.8, 4) is 0 Å². The largest absolute Gasteiger partial charge is 0.397 e. The molecule has 3 N–H and O–H groups in total. The topological polar surface area (TPSA) is 41.3 Å². The second kappa shape index (κ2) is 5.61. The van der Waals surface area contributed by atoms with Crippen LogP contribution in [0.1, 0.15) is 19.3 Å². The minimum Gasteiger partial charge on any atom is -0.397 e. The van der Waals surface area contributed by atoms with Gasteiger partial charge in [-0.1, -0.05) is 18.0 Å². The summed E-state index contributed by atoms with van der Waals surface area (Å²) in [5.41, 5.74) is 7.60. The third kappa shape index (κ3) is 3.27. The van der Waals surface area contributed by atoms with Crippen LogP contribution in [0.25, 0.3) is 0 Å². The Balaban J connectivity index is 1.94. The average Bonchev–Trinajstić information content (AvgIpc) is 2.32. The molecule has 0 aliphatic carbocycles. The van der Waals surface area contributed by atoms with E-state index in [1.807, 2.05) is 18.2 Å². The van der Waals surface area contributed by atoms with Crippen molar-refractivity contribution < 1.29 is 0 Å². The van der Waals surface area contributed by atoms with Gasteiger partial charge in [-0.25, -0.2) is 0 Å². The molecule has 1 atom stereocenters. The quantitative estimate of drug-likeness (QED) is 0.814. The van der Waals surface area contributed by atoms with E-state index in [4.69, 9.17) is 17.3 Å². The summed E-state index contributed by atoms with van der Waals surface area (Å²) in [7, 11) is 2.19. The highest BCUT2D eigenvalue weighted by Crippen LogP contribution is 2.24. The fraction of sp³-hybridized carbons (Fsp3) is 0.538. The summed E-state index contributed by atoms with van der Waals surface area (Å²) in [5, 5.41) is 4.12. The molecule has 3 nitrogen and oxygen atoms in total. The van der Waals surface area contributed by atoms with Gasteiger partial charge in [0, 0.05) is 17.6 Å². The summed E-state index contributed by atoms with van der Waals surface area (Å²) in [6.45, 7) is 2.12. The molecule has 0 bridgehead atoms. The number of likely N-dealkylation sites (N-methyl/N-ethyl adjacent to an activating group) is 1. The molecule has 1 aromatic carbocycles.